The number of hydrogen-bond donors (Lipinski definition) is 2. The lowest BCUT2D eigenvalue weighted by molar-refractivity contribution is 0.340. The van der Waals surface area contributed by atoms with Gasteiger partial charge in [-0.2, -0.15) is 0 Å². The Hall–Kier alpha value is -2.16. The topological polar surface area (TPSA) is 61.3 Å². The van der Waals surface area contributed by atoms with Crippen molar-refractivity contribution in [3.63, 3.8) is 0 Å². The molecular weight excluding hydrogens is 212 g/mol. The largest absolute Gasteiger partial charge is 0.494 e. The van der Waals surface area contributed by atoms with Crippen LogP contribution in [0.3, 0.4) is 0 Å². The van der Waals surface area contributed by atoms with Crippen molar-refractivity contribution in [2.24, 2.45) is 0 Å². The molecule has 0 aliphatic heterocycles. The minimum absolute atomic E-state index is 0.633. The van der Waals surface area contributed by atoms with Crippen molar-refractivity contribution >= 4 is 11.4 Å². The van der Waals surface area contributed by atoms with E-state index >= 15 is 0 Å². The number of benzene rings is 2. The zero-order valence-corrected chi connectivity index (χ0v) is 9.81. The molecule has 0 saturated heterocycles. The van der Waals surface area contributed by atoms with Gasteiger partial charge in [0.2, 0.25) is 0 Å². The van der Waals surface area contributed by atoms with Crippen LogP contribution in [0.5, 0.6) is 5.75 Å². The van der Waals surface area contributed by atoms with Crippen LogP contribution in [0.15, 0.2) is 42.5 Å². The van der Waals surface area contributed by atoms with E-state index in [1.54, 1.807) is 0 Å². The molecule has 0 unspecified atom stereocenters. The van der Waals surface area contributed by atoms with Crippen LogP contribution in [-0.4, -0.2) is 6.61 Å². The van der Waals surface area contributed by atoms with Crippen LogP contribution in [0, 0.1) is 0 Å². The first-order chi connectivity index (χ1) is 8.22. The summed E-state index contributed by atoms with van der Waals surface area (Å²) in [5.41, 5.74) is 15.2. The molecule has 0 heterocycles. The number of rotatable bonds is 3. The second-order valence-electron chi connectivity index (χ2n) is 3.77. The summed E-state index contributed by atoms with van der Waals surface area (Å²) in [6.07, 6.45) is 0. The Morgan fingerprint density at radius 2 is 1.65 bits per heavy atom. The third-order valence-corrected chi connectivity index (χ3v) is 2.59. The molecule has 4 N–H and O–H groups in total. The summed E-state index contributed by atoms with van der Waals surface area (Å²) >= 11 is 0. The smallest absolute Gasteiger partial charge is 0.120 e. The highest BCUT2D eigenvalue weighted by Gasteiger charge is 2.07. The second-order valence-corrected chi connectivity index (χ2v) is 3.77. The zero-order valence-electron chi connectivity index (χ0n) is 9.81. The fourth-order valence-electron chi connectivity index (χ4n) is 1.77. The van der Waals surface area contributed by atoms with E-state index in [2.05, 4.69) is 0 Å². The van der Waals surface area contributed by atoms with Gasteiger partial charge in [0.05, 0.1) is 6.61 Å². The van der Waals surface area contributed by atoms with E-state index in [9.17, 15) is 0 Å². The van der Waals surface area contributed by atoms with Crippen LogP contribution in [0.1, 0.15) is 6.92 Å². The summed E-state index contributed by atoms with van der Waals surface area (Å²) < 4.78 is 5.47. The molecule has 2 rings (SSSR count). The first-order valence-corrected chi connectivity index (χ1v) is 5.59. The molecule has 0 atom stereocenters. The standard InChI is InChI=1S/C14H16N2O/c1-2-17-10-7-8-14(16)12(9-10)11-5-3-4-6-13(11)15/h3-9H,2,15-16H2,1H3. The van der Waals surface area contributed by atoms with Gasteiger partial charge in [-0.25, -0.2) is 0 Å². The van der Waals surface area contributed by atoms with Gasteiger partial charge in [-0.1, -0.05) is 18.2 Å². The number of nitrogens with two attached hydrogens (primary N) is 2. The lowest BCUT2D eigenvalue weighted by atomic mass is 10.0. The Bertz CT molecular complexity index is 523. The van der Waals surface area contributed by atoms with E-state index < -0.39 is 0 Å². The molecule has 3 heteroatoms. The molecule has 2 aromatic carbocycles. The molecule has 0 fully saturated rings. The highest BCUT2D eigenvalue weighted by molar-refractivity contribution is 5.84. The number of ether oxygens (including phenoxy) is 1. The minimum atomic E-state index is 0.633. The molecule has 0 radical (unpaired) electrons. The molecule has 17 heavy (non-hydrogen) atoms. The summed E-state index contributed by atoms with van der Waals surface area (Å²) in [6.45, 7) is 2.58. The van der Waals surface area contributed by atoms with Crippen molar-refractivity contribution in [1.82, 2.24) is 0 Å². The Balaban J connectivity index is 2.51. The predicted molar refractivity (Wildman–Crippen MR) is 71.9 cm³/mol. The number of para-hydroxylation sites is 1. The molecular formula is C14H16N2O. The van der Waals surface area contributed by atoms with Crippen LogP contribution in [0.25, 0.3) is 11.1 Å². The molecule has 0 amide bonds. The van der Waals surface area contributed by atoms with Gasteiger partial charge in [0, 0.05) is 22.5 Å². The first-order valence-electron chi connectivity index (χ1n) is 5.59. The fourth-order valence-corrected chi connectivity index (χ4v) is 1.77. The maximum Gasteiger partial charge on any atom is 0.120 e. The molecule has 2 aromatic rings. The van der Waals surface area contributed by atoms with Crippen molar-refractivity contribution in [1.29, 1.82) is 0 Å². The van der Waals surface area contributed by atoms with Gasteiger partial charge in [0.15, 0.2) is 0 Å². The SMILES string of the molecule is CCOc1ccc(N)c(-c2ccccc2N)c1. The molecule has 0 bridgehead atoms. The van der Waals surface area contributed by atoms with E-state index in [-0.39, 0.29) is 0 Å². The van der Waals surface area contributed by atoms with Crippen LogP contribution >= 0.6 is 0 Å². The van der Waals surface area contributed by atoms with Crippen molar-refractivity contribution in [2.75, 3.05) is 18.1 Å². The fraction of sp³-hybridized carbons (Fsp3) is 0.143. The second kappa shape index (κ2) is 4.78. The average Bonchev–Trinajstić information content (AvgIpc) is 2.33. The Labute approximate surface area is 101 Å². The monoisotopic (exact) mass is 228 g/mol. The average molecular weight is 228 g/mol. The molecule has 0 aliphatic carbocycles. The van der Waals surface area contributed by atoms with Gasteiger partial charge in [0.25, 0.3) is 0 Å². The summed E-state index contributed by atoms with van der Waals surface area (Å²) in [4.78, 5) is 0. The minimum Gasteiger partial charge on any atom is -0.494 e. The molecule has 0 saturated carbocycles. The lowest BCUT2D eigenvalue weighted by Gasteiger charge is -2.11. The van der Waals surface area contributed by atoms with E-state index in [0.29, 0.717) is 18.0 Å². The molecule has 0 aromatic heterocycles. The first kappa shape index (κ1) is 11.3. The van der Waals surface area contributed by atoms with Crippen LogP contribution in [-0.2, 0) is 0 Å². The van der Waals surface area contributed by atoms with Crippen molar-refractivity contribution in [3.8, 4) is 16.9 Å². The molecule has 0 spiro atoms. The maximum absolute atomic E-state index is 5.98. The quantitative estimate of drug-likeness (QED) is 0.794. The third kappa shape index (κ3) is 2.33. The van der Waals surface area contributed by atoms with Gasteiger partial charge in [-0.05, 0) is 31.2 Å². The van der Waals surface area contributed by atoms with Gasteiger partial charge in [-0.15, -0.1) is 0 Å². The van der Waals surface area contributed by atoms with Crippen molar-refractivity contribution in [2.45, 2.75) is 6.92 Å². The number of nitrogen functional groups attached to an aromatic ring is 2. The van der Waals surface area contributed by atoms with Gasteiger partial charge >= 0.3 is 0 Å². The number of hydrogen-bond acceptors (Lipinski definition) is 3. The van der Waals surface area contributed by atoms with E-state index in [0.717, 1.165) is 16.9 Å². The van der Waals surface area contributed by atoms with Crippen LogP contribution in [0.4, 0.5) is 11.4 Å². The van der Waals surface area contributed by atoms with Gasteiger partial charge < -0.3 is 16.2 Å². The Morgan fingerprint density at radius 1 is 0.941 bits per heavy atom. The zero-order chi connectivity index (χ0) is 12.3. The Kier molecular flexibility index (Phi) is 3.19. The summed E-state index contributed by atoms with van der Waals surface area (Å²) in [5, 5.41) is 0. The summed E-state index contributed by atoms with van der Waals surface area (Å²) in [7, 11) is 0. The summed E-state index contributed by atoms with van der Waals surface area (Å²) in [6, 6.07) is 13.3. The molecule has 0 aliphatic rings. The normalized spacial score (nSPS) is 10.2. The number of anilines is 2. The highest BCUT2D eigenvalue weighted by atomic mass is 16.5. The van der Waals surface area contributed by atoms with Crippen LogP contribution in [0.2, 0.25) is 0 Å². The van der Waals surface area contributed by atoms with E-state index in [1.165, 1.54) is 0 Å². The lowest BCUT2D eigenvalue weighted by Crippen LogP contribution is -1.96. The van der Waals surface area contributed by atoms with Gasteiger partial charge in [-0.3, -0.25) is 0 Å². The van der Waals surface area contributed by atoms with Crippen molar-refractivity contribution in [3.05, 3.63) is 42.5 Å². The predicted octanol–water partition coefficient (Wildman–Crippen LogP) is 2.92. The molecule has 88 valence electrons. The van der Waals surface area contributed by atoms with Crippen molar-refractivity contribution < 1.29 is 4.74 Å². The summed E-state index contributed by atoms with van der Waals surface area (Å²) in [5.74, 6) is 0.806. The highest BCUT2D eigenvalue weighted by Crippen LogP contribution is 2.33. The Morgan fingerprint density at radius 3 is 2.35 bits per heavy atom. The molecule has 3 nitrogen and oxygen atoms in total. The van der Waals surface area contributed by atoms with Gasteiger partial charge in [0.1, 0.15) is 5.75 Å². The third-order valence-electron chi connectivity index (χ3n) is 2.59. The van der Waals surface area contributed by atoms with Crippen LogP contribution < -0.4 is 16.2 Å². The van der Waals surface area contributed by atoms with E-state index in [4.69, 9.17) is 16.2 Å². The van der Waals surface area contributed by atoms with E-state index in [1.807, 2.05) is 49.4 Å². The maximum atomic E-state index is 5.98.